The van der Waals surface area contributed by atoms with E-state index in [9.17, 15) is 4.79 Å². The monoisotopic (exact) mass is 463 g/mol. The minimum atomic E-state index is -0.324. The Morgan fingerprint density at radius 2 is 1.56 bits per heavy atom. The first-order chi connectivity index (χ1) is 16.0. The van der Waals surface area contributed by atoms with E-state index in [4.69, 9.17) is 4.74 Å². The van der Waals surface area contributed by atoms with Gasteiger partial charge in [-0.15, -0.1) is 0 Å². The van der Waals surface area contributed by atoms with Crippen LogP contribution in [0.15, 0.2) is 59.2 Å². The minimum absolute atomic E-state index is 0.0557. The Labute approximate surface area is 208 Å². The molecule has 1 amide bonds. The van der Waals surface area contributed by atoms with E-state index in [1.54, 1.807) is 6.92 Å². The van der Waals surface area contributed by atoms with Crippen LogP contribution in [0.5, 0.6) is 5.75 Å². The number of carbonyl (C=O) groups is 1. The van der Waals surface area contributed by atoms with Crippen molar-refractivity contribution in [2.24, 2.45) is 0 Å². The second-order valence-electron chi connectivity index (χ2n) is 10.5. The Morgan fingerprint density at radius 3 is 2.18 bits per heavy atom. The standard InChI is InChI=1S/C31H45NO2/c1-23(2)13-11-15-25(4)17-12-16-24(3)14-9-10-20-34-28-18-19-30-29(21-28)26(5)22-31(7,8)32(30)27(6)33/h13-14,17-19,21-22H,9-12,15-16,20H2,1-8H3/b24-14+,25-17+. The van der Waals surface area contributed by atoms with Crippen LogP contribution >= 0.6 is 0 Å². The lowest BCUT2D eigenvalue weighted by molar-refractivity contribution is -0.117. The maximum absolute atomic E-state index is 12.3. The molecule has 0 saturated heterocycles. The molecular formula is C31H45NO2. The summed E-state index contributed by atoms with van der Waals surface area (Å²) in [6.45, 7) is 17.4. The summed E-state index contributed by atoms with van der Waals surface area (Å²) in [6.07, 6.45) is 15.8. The summed E-state index contributed by atoms with van der Waals surface area (Å²) in [6, 6.07) is 6.07. The zero-order valence-corrected chi connectivity index (χ0v) is 22.8. The predicted octanol–water partition coefficient (Wildman–Crippen LogP) is 8.81. The minimum Gasteiger partial charge on any atom is -0.494 e. The maximum Gasteiger partial charge on any atom is 0.224 e. The molecule has 0 fully saturated rings. The number of hydrogen-bond acceptors (Lipinski definition) is 2. The van der Waals surface area contributed by atoms with Gasteiger partial charge in [0.05, 0.1) is 17.8 Å². The van der Waals surface area contributed by atoms with E-state index < -0.39 is 0 Å². The molecule has 34 heavy (non-hydrogen) atoms. The van der Waals surface area contributed by atoms with E-state index in [-0.39, 0.29) is 11.4 Å². The SMILES string of the molecule is CC(=O)N1c2ccc(OCCC/C=C(\C)CC/C=C(\C)CCC=C(C)C)cc2C(C)=CC1(C)C. The van der Waals surface area contributed by atoms with Crippen molar-refractivity contribution >= 4 is 17.2 Å². The van der Waals surface area contributed by atoms with Crippen LogP contribution in [0.3, 0.4) is 0 Å². The Kier molecular flexibility index (Phi) is 10.4. The van der Waals surface area contributed by atoms with Gasteiger partial charge >= 0.3 is 0 Å². The second-order valence-corrected chi connectivity index (χ2v) is 10.5. The number of fused-ring (bicyclic) bond motifs is 1. The Balaban J connectivity index is 1.80. The topological polar surface area (TPSA) is 29.5 Å². The third-order valence-electron chi connectivity index (χ3n) is 6.33. The van der Waals surface area contributed by atoms with Gasteiger partial charge in [-0.25, -0.2) is 0 Å². The van der Waals surface area contributed by atoms with Crippen molar-refractivity contribution in [3.05, 3.63) is 64.8 Å². The lowest BCUT2D eigenvalue weighted by Crippen LogP contribution is -2.47. The van der Waals surface area contributed by atoms with Crippen LogP contribution in [0, 0.1) is 0 Å². The number of amides is 1. The van der Waals surface area contributed by atoms with Gasteiger partial charge in [0.25, 0.3) is 0 Å². The molecule has 186 valence electrons. The maximum atomic E-state index is 12.3. The number of allylic oxidation sites excluding steroid dienone is 7. The average Bonchev–Trinajstić information content (AvgIpc) is 2.72. The quantitative estimate of drug-likeness (QED) is 0.242. The molecule has 1 aliphatic heterocycles. The van der Waals surface area contributed by atoms with Crippen molar-refractivity contribution in [1.82, 2.24) is 0 Å². The first-order valence-corrected chi connectivity index (χ1v) is 12.7. The first kappa shape index (κ1) is 27.7. The summed E-state index contributed by atoms with van der Waals surface area (Å²) in [4.78, 5) is 14.2. The fraction of sp³-hybridized carbons (Fsp3) is 0.516. The van der Waals surface area contributed by atoms with Gasteiger partial charge in [-0.1, -0.05) is 41.0 Å². The highest BCUT2D eigenvalue weighted by atomic mass is 16.5. The summed E-state index contributed by atoms with van der Waals surface area (Å²) in [5, 5.41) is 0. The lowest BCUT2D eigenvalue weighted by Gasteiger charge is -2.41. The molecule has 0 unspecified atom stereocenters. The third kappa shape index (κ3) is 8.34. The van der Waals surface area contributed by atoms with Gasteiger partial charge in [0, 0.05) is 12.5 Å². The molecule has 0 bridgehead atoms. The molecule has 1 aromatic rings. The van der Waals surface area contributed by atoms with Crippen molar-refractivity contribution in [1.29, 1.82) is 0 Å². The van der Waals surface area contributed by atoms with Crippen molar-refractivity contribution < 1.29 is 9.53 Å². The van der Waals surface area contributed by atoms with Crippen LogP contribution < -0.4 is 9.64 Å². The number of rotatable bonds is 11. The average molecular weight is 464 g/mol. The number of benzene rings is 1. The fourth-order valence-electron chi connectivity index (χ4n) is 4.63. The summed E-state index contributed by atoms with van der Waals surface area (Å²) >= 11 is 0. The summed E-state index contributed by atoms with van der Waals surface area (Å²) in [7, 11) is 0. The molecule has 0 aliphatic carbocycles. The number of nitrogens with zero attached hydrogens (tertiary/aromatic N) is 1. The number of carbonyl (C=O) groups excluding carboxylic acids is 1. The largest absolute Gasteiger partial charge is 0.494 e. The van der Waals surface area contributed by atoms with Crippen LogP contribution in [-0.2, 0) is 4.79 Å². The molecule has 2 rings (SSSR count). The Morgan fingerprint density at radius 1 is 0.941 bits per heavy atom. The number of ether oxygens (including phenoxy) is 1. The highest BCUT2D eigenvalue weighted by molar-refractivity contribution is 5.99. The summed E-state index contributed by atoms with van der Waals surface area (Å²) in [5.74, 6) is 0.921. The van der Waals surface area contributed by atoms with Crippen LogP contribution in [0.4, 0.5) is 5.69 Å². The van der Waals surface area contributed by atoms with Gasteiger partial charge in [-0.2, -0.15) is 0 Å². The van der Waals surface area contributed by atoms with E-state index in [1.807, 2.05) is 17.0 Å². The van der Waals surface area contributed by atoms with Crippen molar-refractivity contribution in [2.45, 2.75) is 99.5 Å². The molecule has 0 atom stereocenters. The molecule has 3 nitrogen and oxygen atoms in total. The van der Waals surface area contributed by atoms with E-state index in [2.05, 4.69) is 78.8 Å². The molecule has 0 saturated carbocycles. The normalized spacial score (nSPS) is 15.5. The zero-order chi connectivity index (χ0) is 25.3. The van der Waals surface area contributed by atoms with Gasteiger partial charge < -0.3 is 9.64 Å². The van der Waals surface area contributed by atoms with Crippen molar-refractivity contribution in [3.63, 3.8) is 0 Å². The number of hydrogen-bond donors (Lipinski definition) is 0. The number of unbranched alkanes of at least 4 members (excludes halogenated alkanes) is 1. The van der Waals surface area contributed by atoms with E-state index in [0.29, 0.717) is 6.61 Å². The van der Waals surface area contributed by atoms with Crippen LogP contribution in [0.2, 0.25) is 0 Å². The van der Waals surface area contributed by atoms with Crippen LogP contribution in [0.1, 0.15) is 99.5 Å². The first-order valence-electron chi connectivity index (χ1n) is 12.7. The Hall–Kier alpha value is -2.55. The molecule has 0 aromatic heterocycles. The van der Waals surface area contributed by atoms with Crippen molar-refractivity contribution in [2.75, 3.05) is 11.5 Å². The fourth-order valence-corrected chi connectivity index (χ4v) is 4.63. The van der Waals surface area contributed by atoms with E-state index in [1.165, 1.54) is 22.3 Å². The predicted molar refractivity (Wildman–Crippen MR) is 147 cm³/mol. The molecule has 3 heteroatoms. The van der Waals surface area contributed by atoms with E-state index in [0.717, 1.165) is 55.5 Å². The molecule has 1 aromatic carbocycles. The van der Waals surface area contributed by atoms with Crippen molar-refractivity contribution in [3.8, 4) is 5.75 Å². The molecule has 0 N–H and O–H groups in total. The van der Waals surface area contributed by atoms with E-state index >= 15 is 0 Å². The number of anilines is 1. The summed E-state index contributed by atoms with van der Waals surface area (Å²) < 4.78 is 6.04. The third-order valence-corrected chi connectivity index (χ3v) is 6.33. The molecule has 0 radical (unpaired) electrons. The van der Waals surface area contributed by atoms with Gasteiger partial charge in [0.15, 0.2) is 0 Å². The van der Waals surface area contributed by atoms with Gasteiger partial charge in [-0.3, -0.25) is 4.79 Å². The van der Waals surface area contributed by atoms with Crippen LogP contribution in [0.25, 0.3) is 5.57 Å². The smallest absolute Gasteiger partial charge is 0.224 e. The summed E-state index contributed by atoms with van der Waals surface area (Å²) in [5.41, 5.74) is 7.24. The second kappa shape index (κ2) is 12.8. The molecule has 1 heterocycles. The zero-order valence-electron chi connectivity index (χ0n) is 22.8. The van der Waals surface area contributed by atoms with Crippen LogP contribution in [-0.4, -0.2) is 18.1 Å². The highest BCUT2D eigenvalue weighted by Gasteiger charge is 2.34. The molecular weight excluding hydrogens is 418 g/mol. The Bertz CT molecular complexity index is 971. The molecule has 1 aliphatic rings. The highest BCUT2D eigenvalue weighted by Crippen LogP contribution is 2.40. The molecule has 0 spiro atoms. The van der Waals surface area contributed by atoms with Gasteiger partial charge in [-0.05, 0) is 111 Å². The lowest BCUT2D eigenvalue weighted by atomic mass is 9.88. The van der Waals surface area contributed by atoms with Gasteiger partial charge in [0.2, 0.25) is 5.91 Å². The van der Waals surface area contributed by atoms with Gasteiger partial charge in [0.1, 0.15) is 5.75 Å².